The van der Waals surface area contributed by atoms with Gasteiger partial charge in [0.15, 0.2) is 0 Å². The van der Waals surface area contributed by atoms with Crippen LogP contribution in [0, 0.1) is 16.0 Å². The molecule has 2 aromatic carbocycles. The predicted octanol–water partition coefficient (Wildman–Crippen LogP) is 4.22. The number of halogens is 1. The molecule has 3 rings (SSSR count). The SMILES string of the molecule is CC[C@@H]1C(=O)N(c2ccc(OC)cc2)[C@H](c2ccccc2Br)[C@H]1[N+](=O)[O-]. The first-order chi connectivity index (χ1) is 12.5. The molecule has 0 N–H and O–H groups in total. The number of methoxy groups -OCH3 is 1. The largest absolute Gasteiger partial charge is 0.497 e. The summed E-state index contributed by atoms with van der Waals surface area (Å²) >= 11 is 3.49. The maximum Gasteiger partial charge on any atom is 0.249 e. The van der Waals surface area contributed by atoms with Crippen molar-refractivity contribution in [3.8, 4) is 5.75 Å². The predicted molar refractivity (Wildman–Crippen MR) is 102 cm³/mol. The van der Waals surface area contributed by atoms with E-state index in [9.17, 15) is 14.9 Å². The summed E-state index contributed by atoms with van der Waals surface area (Å²) in [5, 5.41) is 11.9. The molecule has 1 fully saturated rings. The molecule has 1 amide bonds. The van der Waals surface area contributed by atoms with E-state index in [0.29, 0.717) is 17.9 Å². The lowest BCUT2D eigenvalue weighted by Crippen LogP contribution is -2.33. The van der Waals surface area contributed by atoms with Gasteiger partial charge in [-0.2, -0.15) is 0 Å². The van der Waals surface area contributed by atoms with Gasteiger partial charge in [-0.25, -0.2) is 0 Å². The van der Waals surface area contributed by atoms with Gasteiger partial charge in [-0.15, -0.1) is 0 Å². The highest BCUT2D eigenvalue weighted by atomic mass is 79.9. The van der Waals surface area contributed by atoms with E-state index in [4.69, 9.17) is 4.74 Å². The topological polar surface area (TPSA) is 72.7 Å². The zero-order valence-corrected chi connectivity index (χ0v) is 16.0. The van der Waals surface area contributed by atoms with Crippen molar-refractivity contribution in [3.63, 3.8) is 0 Å². The van der Waals surface area contributed by atoms with Crippen LogP contribution in [0.3, 0.4) is 0 Å². The molecule has 0 bridgehead atoms. The molecule has 26 heavy (non-hydrogen) atoms. The smallest absolute Gasteiger partial charge is 0.249 e. The summed E-state index contributed by atoms with van der Waals surface area (Å²) in [4.78, 5) is 26.2. The highest BCUT2D eigenvalue weighted by Crippen LogP contribution is 2.44. The van der Waals surface area contributed by atoms with Gasteiger partial charge in [0.05, 0.1) is 7.11 Å². The lowest BCUT2D eigenvalue weighted by Gasteiger charge is -2.26. The van der Waals surface area contributed by atoms with Crippen LogP contribution >= 0.6 is 15.9 Å². The van der Waals surface area contributed by atoms with Crippen molar-refractivity contribution in [3.05, 3.63) is 68.7 Å². The highest BCUT2D eigenvalue weighted by Gasteiger charge is 2.56. The van der Waals surface area contributed by atoms with E-state index < -0.39 is 18.0 Å². The molecule has 0 radical (unpaired) electrons. The van der Waals surface area contributed by atoms with E-state index in [2.05, 4.69) is 15.9 Å². The van der Waals surface area contributed by atoms with Crippen molar-refractivity contribution in [2.45, 2.75) is 25.4 Å². The van der Waals surface area contributed by atoms with E-state index in [1.807, 2.05) is 31.2 Å². The Hall–Kier alpha value is -2.41. The van der Waals surface area contributed by atoms with Crippen molar-refractivity contribution in [2.75, 3.05) is 12.0 Å². The van der Waals surface area contributed by atoms with Crippen LogP contribution in [0.2, 0.25) is 0 Å². The number of hydrogen-bond acceptors (Lipinski definition) is 4. The average Bonchev–Trinajstić information content (AvgIpc) is 2.94. The van der Waals surface area contributed by atoms with E-state index in [1.54, 1.807) is 36.3 Å². The minimum atomic E-state index is -1.01. The molecule has 1 aliphatic heterocycles. The number of hydrogen-bond donors (Lipinski definition) is 0. The van der Waals surface area contributed by atoms with E-state index >= 15 is 0 Å². The van der Waals surface area contributed by atoms with Gasteiger partial charge in [-0.05, 0) is 42.3 Å². The van der Waals surface area contributed by atoms with Crippen molar-refractivity contribution < 1.29 is 14.5 Å². The summed E-state index contributed by atoms with van der Waals surface area (Å²) in [7, 11) is 1.57. The summed E-state index contributed by atoms with van der Waals surface area (Å²) in [5.41, 5.74) is 1.36. The van der Waals surface area contributed by atoms with Gasteiger partial charge in [0, 0.05) is 15.1 Å². The number of carbonyl (C=O) groups excluding carboxylic acids is 1. The second-order valence-electron chi connectivity index (χ2n) is 6.16. The zero-order chi connectivity index (χ0) is 18.8. The Bertz CT molecular complexity index is 825. The van der Waals surface area contributed by atoms with Gasteiger partial charge in [0.1, 0.15) is 17.7 Å². The maximum absolute atomic E-state index is 13.1. The van der Waals surface area contributed by atoms with Crippen LogP contribution < -0.4 is 9.64 Å². The standard InChI is InChI=1S/C19H19BrN2O4/c1-3-14-18(22(24)25)17(15-6-4-5-7-16(15)20)21(19(14)23)12-8-10-13(26-2)11-9-12/h4-11,14,17-18H,3H2,1-2H3/t14-,17+,18-/m0/s1. The molecule has 0 aromatic heterocycles. The molecule has 0 unspecified atom stereocenters. The highest BCUT2D eigenvalue weighted by molar-refractivity contribution is 9.10. The molecule has 1 saturated heterocycles. The van der Waals surface area contributed by atoms with Crippen molar-refractivity contribution in [1.29, 1.82) is 0 Å². The van der Waals surface area contributed by atoms with Crippen molar-refractivity contribution >= 4 is 27.5 Å². The minimum absolute atomic E-state index is 0.222. The third-order valence-corrected chi connectivity index (χ3v) is 5.55. The van der Waals surface area contributed by atoms with Gasteiger partial charge < -0.3 is 4.74 Å². The zero-order valence-electron chi connectivity index (χ0n) is 14.5. The molecular weight excluding hydrogens is 400 g/mol. The second-order valence-corrected chi connectivity index (χ2v) is 7.02. The molecule has 1 heterocycles. The Balaban J connectivity index is 2.16. The van der Waals surface area contributed by atoms with Crippen molar-refractivity contribution in [1.82, 2.24) is 0 Å². The number of ether oxygens (including phenoxy) is 1. The quantitative estimate of drug-likeness (QED) is 0.538. The van der Waals surface area contributed by atoms with Crippen LogP contribution in [-0.2, 0) is 4.79 Å². The molecule has 0 aliphatic carbocycles. The maximum atomic E-state index is 13.1. The van der Waals surface area contributed by atoms with Gasteiger partial charge in [-0.1, -0.05) is 41.1 Å². The summed E-state index contributed by atoms with van der Waals surface area (Å²) in [6, 6.07) is 12.7. The fraction of sp³-hybridized carbons (Fsp3) is 0.316. The molecule has 136 valence electrons. The average molecular weight is 419 g/mol. The fourth-order valence-corrected chi connectivity index (χ4v) is 4.10. The van der Waals surface area contributed by atoms with Crippen LogP contribution in [0.4, 0.5) is 5.69 Å². The number of benzene rings is 2. The Morgan fingerprint density at radius 3 is 2.38 bits per heavy atom. The lowest BCUT2D eigenvalue weighted by atomic mass is 9.92. The van der Waals surface area contributed by atoms with Crippen LogP contribution in [0.15, 0.2) is 53.0 Å². The number of nitrogens with zero attached hydrogens (tertiary/aromatic N) is 2. The monoisotopic (exact) mass is 418 g/mol. The Morgan fingerprint density at radius 2 is 1.85 bits per heavy atom. The first-order valence-corrected chi connectivity index (χ1v) is 9.14. The van der Waals surface area contributed by atoms with Gasteiger partial charge >= 0.3 is 0 Å². The number of carbonyl (C=O) groups is 1. The lowest BCUT2D eigenvalue weighted by molar-refractivity contribution is -0.530. The summed E-state index contributed by atoms with van der Waals surface area (Å²) in [6.07, 6.45) is 0.415. The summed E-state index contributed by atoms with van der Waals surface area (Å²) in [5.74, 6) is -0.222. The molecule has 1 aliphatic rings. The molecule has 0 saturated carbocycles. The normalized spacial score (nSPS) is 22.5. The van der Waals surface area contributed by atoms with Crippen LogP contribution in [-0.4, -0.2) is 24.0 Å². The van der Waals surface area contributed by atoms with E-state index in [1.165, 1.54) is 0 Å². The molecule has 3 atom stereocenters. The third kappa shape index (κ3) is 3.07. The van der Waals surface area contributed by atoms with Crippen molar-refractivity contribution in [2.24, 2.45) is 5.92 Å². The van der Waals surface area contributed by atoms with Crippen LogP contribution in [0.25, 0.3) is 0 Å². The number of anilines is 1. The van der Waals surface area contributed by atoms with Gasteiger partial charge in [0.2, 0.25) is 11.9 Å². The number of rotatable bonds is 5. The Kier molecular flexibility index (Phi) is 5.27. The summed E-state index contributed by atoms with van der Waals surface area (Å²) < 4.78 is 5.92. The van der Waals surface area contributed by atoms with Gasteiger partial charge in [-0.3, -0.25) is 19.8 Å². The summed E-state index contributed by atoms with van der Waals surface area (Å²) in [6.45, 7) is 1.81. The Labute approximate surface area is 160 Å². The molecular formula is C19H19BrN2O4. The molecule has 7 heteroatoms. The van der Waals surface area contributed by atoms with E-state index in [0.717, 1.165) is 10.0 Å². The number of amides is 1. The third-order valence-electron chi connectivity index (χ3n) is 4.83. The first kappa shape index (κ1) is 18.4. The van der Waals surface area contributed by atoms with Crippen LogP contribution in [0.1, 0.15) is 24.9 Å². The number of nitro groups is 1. The fourth-order valence-electron chi connectivity index (χ4n) is 3.58. The molecule has 2 aromatic rings. The van der Waals surface area contributed by atoms with E-state index in [-0.39, 0.29) is 10.8 Å². The Morgan fingerprint density at radius 1 is 1.19 bits per heavy atom. The molecule has 0 spiro atoms. The molecule has 6 nitrogen and oxygen atoms in total. The van der Waals surface area contributed by atoms with Crippen LogP contribution in [0.5, 0.6) is 5.75 Å². The van der Waals surface area contributed by atoms with Gasteiger partial charge in [0.25, 0.3) is 0 Å². The second kappa shape index (κ2) is 7.45. The first-order valence-electron chi connectivity index (χ1n) is 8.34. The minimum Gasteiger partial charge on any atom is -0.497 e.